The number of carboxylic acid groups (broad SMARTS) is 1. The predicted molar refractivity (Wildman–Crippen MR) is 178 cm³/mol. The second-order valence-electron chi connectivity index (χ2n) is 15.9. The van der Waals surface area contributed by atoms with Gasteiger partial charge < -0.3 is 20.1 Å². The second-order valence-corrected chi connectivity index (χ2v) is 15.9. The Morgan fingerprint density at radius 2 is 1.78 bits per heavy atom. The van der Waals surface area contributed by atoms with Crippen LogP contribution in [-0.2, 0) is 16.1 Å². The van der Waals surface area contributed by atoms with Crippen molar-refractivity contribution in [3.63, 3.8) is 0 Å². The first-order valence-electron chi connectivity index (χ1n) is 18.2. The molecule has 4 unspecified atom stereocenters. The molecule has 2 bridgehead atoms. The lowest BCUT2D eigenvalue weighted by atomic mass is 9.71. The molecule has 1 amide bonds. The number of piperidine rings is 1. The van der Waals surface area contributed by atoms with E-state index in [1.165, 1.54) is 4.90 Å². The fourth-order valence-electron chi connectivity index (χ4n) is 9.87. The molecule has 5 aliphatic rings. The molecule has 14 heteroatoms. The van der Waals surface area contributed by atoms with Crippen molar-refractivity contribution in [2.24, 2.45) is 17.8 Å². The van der Waals surface area contributed by atoms with Crippen LogP contribution < -0.4 is 15.0 Å². The van der Waals surface area contributed by atoms with Crippen LogP contribution in [0.3, 0.4) is 0 Å². The van der Waals surface area contributed by atoms with Crippen molar-refractivity contribution in [2.75, 3.05) is 31.1 Å². The Kier molecular flexibility index (Phi) is 9.23. The number of hydrogen-bond donors (Lipinski definition) is 2. The van der Waals surface area contributed by atoms with Crippen molar-refractivity contribution >= 4 is 23.5 Å². The maximum atomic E-state index is 15.3. The number of aliphatic carboxylic acids is 1. The smallest absolute Gasteiger partial charge is 0.401 e. The normalized spacial score (nSPS) is 28.1. The molecule has 0 radical (unpaired) electrons. The number of anilines is 2. The monoisotopic (exact) mass is 719 g/mol. The summed E-state index contributed by atoms with van der Waals surface area (Å²) in [7, 11) is 0. The summed E-state index contributed by atoms with van der Waals surface area (Å²) in [6.07, 6.45) is 4.80. The van der Waals surface area contributed by atoms with Gasteiger partial charge in [0.1, 0.15) is 23.1 Å². The first-order chi connectivity index (χ1) is 24.1. The van der Waals surface area contributed by atoms with Crippen LogP contribution in [0.15, 0.2) is 24.4 Å². The van der Waals surface area contributed by atoms with E-state index in [1.807, 2.05) is 17.0 Å². The van der Waals surface area contributed by atoms with Crippen molar-refractivity contribution in [1.29, 1.82) is 0 Å². The zero-order chi connectivity index (χ0) is 36.3. The average Bonchev–Trinajstić information content (AvgIpc) is 3.50. The van der Waals surface area contributed by atoms with Gasteiger partial charge in [0.2, 0.25) is 5.95 Å². The quantitative estimate of drug-likeness (QED) is 0.273. The largest absolute Gasteiger partial charge is 0.490 e. The van der Waals surface area contributed by atoms with Gasteiger partial charge in [-0.15, -0.1) is 0 Å². The van der Waals surface area contributed by atoms with Crippen LogP contribution in [-0.4, -0.2) is 75.8 Å². The van der Waals surface area contributed by atoms with E-state index in [-0.39, 0.29) is 35.7 Å². The summed E-state index contributed by atoms with van der Waals surface area (Å²) < 4.78 is 75.6. The molecule has 51 heavy (non-hydrogen) atoms. The second kappa shape index (κ2) is 13.1. The third-order valence-corrected chi connectivity index (χ3v) is 12.1. The summed E-state index contributed by atoms with van der Waals surface area (Å²) in [6, 6.07) is 5.62. The van der Waals surface area contributed by atoms with Gasteiger partial charge in [-0.25, -0.2) is 14.8 Å². The molecule has 1 saturated heterocycles. The highest BCUT2D eigenvalue weighted by atomic mass is 19.4. The van der Waals surface area contributed by atoms with Crippen LogP contribution >= 0.6 is 0 Å². The van der Waals surface area contributed by atoms with E-state index in [4.69, 9.17) is 4.74 Å². The number of ether oxygens (including phenoxy) is 1. The predicted octanol–water partition coefficient (Wildman–Crippen LogP) is 7.36. The molecule has 4 fully saturated rings. The van der Waals surface area contributed by atoms with E-state index in [0.717, 1.165) is 56.0 Å². The van der Waals surface area contributed by atoms with Crippen LogP contribution in [0.1, 0.15) is 106 Å². The average molecular weight is 720 g/mol. The maximum Gasteiger partial charge on any atom is 0.401 e. The number of carboxylic acids is 1. The Labute approximate surface area is 294 Å². The van der Waals surface area contributed by atoms with Gasteiger partial charge in [0.05, 0.1) is 12.1 Å². The first-order valence-corrected chi connectivity index (χ1v) is 18.2. The van der Waals surface area contributed by atoms with Gasteiger partial charge in [0, 0.05) is 43.9 Å². The Hall–Kier alpha value is -3.55. The highest BCUT2D eigenvalue weighted by Gasteiger charge is 2.56. The summed E-state index contributed by atoms with van der Waals surface area (Å²) in [5.74, 6) is -4.79. The van der Waals surface area contributed by atoms with Gasteiger partial charge in [-0.05, 0) is 92.9 Å². The maximum absolute atomic E-state index is 15.3. The number of carbonyl (C=O) groups excluding carboxylic acids is 1. The lowest BCUT2D eigenvalue weighted by Gasteiger charge is -2.35. The molecule has 1 aromatic carbocycles. The van der Waals surface area contributed by atoms with Crippen molar-refractivity contribution in [3.8, 4) is 5.75 Å². The molecule has 4 atom stereocenters. The van der Waals surface area contributed by atoms with E-state index >= 15 is 8.78 Å². The number of rotatable bonds is 8. The molecule has 1 aromatic heterocycles. The number of likely N-dealkylation sites (tertiary alicyclic amines) is 1. The molecule has 2 N–H and O–H groups in total. The Morgan fingerprint density at radius 3 is 2.45 bits per heavy atom. The highest BCUT2D eigenvalue weighted by Crippen LogP contribution is 2.53. The molecule has 278 valence electrons. The van der Waals surface area contributed by atoms with E-state index in [0.29, 0.717) is 63.9 Å². The van der Waals surface area contributed by atoms with Crippen LogP contribution in [0.25, 0.3) is 0 Å². The number of aromatic nitrogens is 2. The third kappa shape index (κ3) is 7.01. The third-order valence-electron chi connectivity index (χ3n) is 12.1. The zero-order valence-electron chi connectivity index (χ0n) is 29.1. The van der Waals surface area contributed by atoms with Crippen molar-refractivity contribution < 1.29 is 41.4 Å². The minimum Gasteiger partial charge on any atom is -0.490 e. The number of amides is 1. The molecule has 7 rings (SSSR count). The Balaban J connectivity index is 1.15. The minimum absolute atomic E-state index is 0.0241. The highest BCUT2D eigenvalue weighted by molar-refractivity contribution is 5.99. The van der Waals surface area contributed by atoms with Gasteiger partial charge in [0.15, 0.2) is 0 Å². The van der Waals surface area contributed by atoms with E-state index in [1.54, 1.807) is 6.07 Å². The summed E-state index contributed by atoms with van der Waals surface area (Å²) in [5, 5.41) is 13.0. The molecule has 2 aromatic rings. The van der Waals surface area contributed by atoms with E-state index in [9.17, 15) is 27.9 Å². The van der Waals surface area contributed by atoms with Crippen LogP contribution in [0, 0.1) is 17.8 Å². The first kappa shape index (κ1) is 35.8. The molecular formula is C37H46F5N5O4. The van der Waals surface area contributed by atoms with Crippen LogP contribution in [0.4, 0.5) is 33.6 Å². The van der Waals surface area contributed by atoms with Gasteiger partial charge in [-0.2, -0.15) is 22.0 Å². The van der Waals surface area contributed by atoms with Crippen molar-refractivity contribution in [3.05, 3.63) is 41.2 Å². The molecule has 9 nitrogen and oxygen atoms in total. The number of hydrogen-bond acceptors (Lipinski definition) is 7. The number of fused-ring (bicyclic) bond motifs is 4. The van der Waals surface area contributed by atoms with Gasteiger partial charge in [-0.3, -0.25) is 9.69 Å². The number of nitrogens with zero attached hydrogens (tertiary/aromatic N) is 4. The van der Waals surface area contributed by atoms with Crippen molar-refractivity contribution in [1.82, 2.24) is 20.2 Å². The molecule has 3 heterocycles. The fourth-order valence-corrected chi connectivity index (χ4v) is 9.87. The number of nitrogens with one attached hydrogen (secondary N) is 1. The van der Waals surface area contributed by atoms with E-state index < -0.39 is 47.3 Å². The fraction of sp³-hybridized carbons (Fsp3) is 0.676. The Bertz CT molecular complexity index is 1650. The number of alkyl halides is 5. The molecule has 3 aliphatic carbocycles. The summed E-state index contributed by atoms with van der Waals surface area (Å²) in [6.45, 7) is 2.84. The van der Waals surface area contributed by atoms with E-state index in [2.05, 4.69) is 22.2 Å². The summed E-state index contributed by atoms with van der Waals surface area (Å²) >= 11 is 0. The van der Waals surface area contributed by atoms with Gasteiger partial charge in [-0.1, -0.05) is 26.2 Å². The van der Waals surface area contributed by atoms with Crippen LogP contribution in [0.5, 0.6) is 5.75 Å². The number of benzene rings is 1. The Morgan fingerprint density at radius 1 is 1.06 bits per heavy atom. The topological polar surface area (TPSA) is 108 Å². The minimum atomic E-state index is -4.24. The standard InChI is InChI=1S/C37H46F5N5O4/c1-22-14-23-16-24(15-22)36(18-23,32(49)50)45-31(48)27-19-43-33(44-30(27)34(2,38)39)47-20-35(10-4-3-5-11-35)28-17-26(6-7-29(28)47)51-25-8-12-46(13-9-25)21-37(40,41)42/h6-7,17,19,22-25H,3-5,8-16,18,20-21H2,1-2H3,(H,45,48)(H,49,50). The summed E-state index contributed by atoms with van der Waals surface area (Å²) in [5.41, 5.74) is -1.30. The lowest BCUT2D eigenvalue weighted by molar-refractivity contribution is -0.149. The molecular weight excluding hydrogens is 673 g/mol. The zero-order valence-corrected chi connectivity index (χ0v) is 29.1. The van der Waals surface area contributed by atoms with Crippen molar-refractivity contribution in [2.45, 2.75) is 114 Å². The molecule has 3 saturated carbocycles. The van der Waals surface area contributed by atoms with Gasteiger partial charge in [0.25, 0.3) is 11.8 Å². The number of carbonyl (C=O) groups is 2. The molecule has 2 aliphatic heterocycles. The van der Waals surface area contributed by atoms with Gasteiger partial charge >= 0.3 is 12.1 Å². The lowest BCUT2D eigenvalue weighted by Crippen LogP contribution is -2.57. The van der Waals surface area contributed by atoms with Crippen LogP contribution in [0.2, 0.25) is 0 Å². The summed E-state index contributed by atoms with van der Waals surface area (Å²) in [4.78, 5) is 38.4. The molecule has 1 spiro atoms. The number of halogens is 5. The SMILES string of the molecule is CC1CC2CC(C1)C(NC(=O)c1cnc(N3CC4(CCCCC4)c4cc(OC5CCN(CC(F)(F)F)CC5)ccc43)nc1C(C)(F)F)(C(=O)O)C2.